The van der Waals surface area contributed by atoms with Gasteiger partial charge in [0.25, 0.3) is 0 Å². The fraction of sp³-hybridized carbons (Fsp3) is 0.600. The lowest BCUT2D eigenvalue weighted by Gasteiger charge is -2.71. The van der Waals surface area contributed by atoms with E-state index in [1.807, 2.05) is 6.08 Å². The van der Waals surface area contributed by atoms with Gasteiger partial charge in [-0.1, -0.05) is 38.2 Å². The highest BCUT2D eigenvalue weighted by Crippen LogP contribution is 2.76. The van der Waals surface area contributed by atoms with Gasteiger partial charge in [-0.15, -0.1) is 0 Å². The first-order valence-electron chi connectivity index (χ1n) is 8.77. The molecule has 0 amide bonds. The lowest BCUT2D eigenvalue weighted by Crippen LogP contribution is -2.75. The SMILES string of the molecule is C=C1C(=O)[C@]23CC(=CC(=C)[C@@H]2O)C3[C@@]23CCC[C@@](C)(COC2=O)C13. The van der Waals surface area contributed by atoms with E-state index in [9.17, 15) is 14.7 Å². The van der Waals surface area contributed by atoms with Gasteiger partial charge in [-0.2, -0.15) is 0 Å². The molecule has 4 heteroatoms. The van der Waals surface area contributed by atoms with Crippen molar-refractivity contribution in [2.45, 2.75) is 38.7 Å². The normalized spacial score (nSPS) is 51.9. The van der Waals surface area contributed by atoms with Crippen LogP contribution in [-0.4, -0.2) is 29.6 Å². The number of carbonyl (C=O) groups excluding carboxylic acids is 2. The third kappa shape index (κ3) is 1.21. The van der Waals surface area contributed by atoms with Crippen molar-refractivity contribution < 1.29 is 19.4 Å². The minimum absolute atomic E-state index is 0.0542. The average molecular weight is 326 g/mol. The van der Waals surface area contributed by atoms with Crippen LogP contribution in [0.15, 0.2) is 36.0 Å². The second-order valence-electron chi connectivity index (χ2n) is 8.76. The molecule has 126 valence electrons. The zero-order valence-corrected chi connectivity index (χ0v) is 13.9. The van der Waals surface area contributed by atoms with Crippen LogP contribution in [-0.2, 0) is 14.3 Å². The summed E-state index contributed by atoms with van der Waals surface area (Å²) in [6, 6.07) is 0. The summed E-state index contributed by atoms with van der Waals surface area (Å²) in [6.45, 7) is 10.5. The highest BCUT2D eigenvalue weighted by atomic mass is 16.5. The van der Waals surface area contributed by atoms with Crippen LogP contribution in [0.5, 0.6) is 0 Å². The Kier molecular flexibility index (Phi) is 2.40. The van der Waals surface area contributed by atoms with Crippen molar-refractivity contribution in [3.8, 4) is 0 Å². The van der Waals surface area contributed by atoms with Gasteiger partial charge >= 0.3 is 5.97 Å². The van der Waals surface area contributed by atoms with E-state index >= 15 is 0 Å². The van der Waals surface area contributed by atoms with Gasteiger partial charge in [0.15, 0.2) is 5.78 Å². The molecule has 1 N–H and O–H groups in total. The number of hydrogen-bond acceptors (Lipinski definition) is 4. The Bertz CT molecular complexity index is 777. The van der Waals surface area contributed by atoms with Gasteiger partial charge in [0.1, 0.15) is 0 Å². The number of rotatable bonds is 0. The van der Waals surface area contributed by atoms with Crippen molar-refractivity contribution in [3.05, 3.63) is 36.0 Å². The van der Waals surface area contributed by atoms with Crippen LogP contribution in [0.1, 0.15) is 32.6 Å². The van der Waals surface area contributed by atoms with E-state index in [2.05, 4.69) is 20.1 Å². The molecule has 4 fully saturated rings. The topological polar surface area (TPSA) is 63.6 Å². The molecule has 5 rings (SSSR count). The lowest BCUT2D eigenvalue weighted by molar-refractivity contribution is -0.226. The number of esters is 1. The van der Waals surface area contributed by atoms with Crippen LogP contribution in [0.25, 0.3) is 0 Å². The number of hydrogen-bond donors (Lipinski definition) is 1. The number of aliphatic hydroxyl groups is 1. The molecule has 4 aliphatic carbocycles. The molecule has 1 aliphatic heterocycles. The predicted molar refractivity (Wildman–Crippen MR) is 86.8 cm³/mol. The summed E-state index contributed by atoms with van der Waals surface area (Å²) in [7, 11) is 0. The molecular formula is C20H22O4. The minimum atomic E-state index is -0.941. The summed E-state index contributed by atoms with van der Waals surface area (Å²) < 4.78 is 5.65. The Morgan fingerprint density at radius 3 is 2.71 bits per heavy atom. The van der Waals surface area contributed by atoms with Crippen molar-refractivity contribution in [1.82, 2.24) is 0 Å². The second-order valence-corrected chi connectivity index (χ2v) is 8.76. The summed E-state index contributed by atoms with van der Waals surface area (Å²) in [5, 5.41) is 10.8. The number of allylic oxidation sites excluding steroid dienone is 2. The monoisotopic (exact) mass is 326 g/mol. The molecule has 5 aliphatic rings. The quantitative estimate of drug-likeness (QED) is 0.548. The molecule has 1 saturated heterocycles. The first-order valence-corrected chi connectivity index (χ1v) is 8.77. The fourth-order valence-electron chi connectivity index (χ4n) is 6.93. The van der Waals surface area contributed by atoms with Crippen LogP contribution < -0.4 is 0 Å². The van der Waals surface area contributed by atoms with E-state index in [0.717, 1.165) is 18.4 Å². The number of fused-ring (bicyclic) bond motifs is 2. The molecule has 0 radical (unpaired) electrons. The Hall–Kier alpha value is -1.68. The van der Waals surface area contributed by atoms with E-state index in [1.54, 1.807) is 0 Å². The van der Waals surface area contributed by atoms with E-state index in [0.29, 0.717) is 30.6 Å². The third-order valence-electron chi connectivity index (χ3n) is 7.63. The zero-order valence-electron chi connectivity index (χ0n) is 13.9. The van der Waals surface area contributed by atoms with Gasteiger partial charge < -0.3 is 9.84 Å². The van der Waals surface area contributed by atoms with Crippen molar-refractivity contribution in [2.24, 2.45) is 28.1 Å². The van der Waals surface area contributed by atoms with E-state index < -0.39 is 16.9 Å². The molecule has 4 bridgehead atoms. The van der Waals surface area contributed by atoms with Gasteiger partial charge in [0.2, 0.25) is 0 Å². The fourth-order valence-corrected chi connectivity index (χ4v) is 6.93. The van der Waals surface area contributed by atoms with Gasteiger partial charge in [-0.25, -0.2) is 0 Å². The molecule has 2 unspecified atom stereocenters. The van der Waals surface area contributed by atoms with Gasteiger partial charge in [-0.05, 0) is 30.4 Å². The highest BCUT2D eigenvalue weighted by Gasteiger charge is 2.79. The summed E-state index contributed by atoms with van der Waals surface area (Å²) >= 11 is 0. The van der Waals surface area contributed by atoms with Crippen molar-refractivity contribution in [2.75, 3.05) is 6.61 Å². The maximum Gasteiger partial charge on any atom is 0.313 e. The highest BCUT2D eigenvalue weighted by molar-refractivity contribution is 6.07. The molecule has 1 spiro atoms. The predicted octanol–water partition coefficient (Wildman–Crippen LogP) is 2.34. The Labute approximate surface area is 141 Å². The van der Waals surface area contributed by atoms with Crippen LogP contribution in [0.2, 0.25) is 0 Å². The number of aliphatic hydroxyl groups excluding tert-OH is 1. The molecule has 0 aromatic rings. The van der Waals surface area contributed by atoms with Crippen LogP contribution in [0, 0.1) is 28.1 Å². The van der Waals surface area contributed by atoms with Crippen LogP contribution >= 0.6 is 0 Å². The summed E-state index contributed by atoms with van der Waals surface area (Å²) in [5.74, 6) is -0.673. The smallest absolute Gasteiger partial charge is 0.313 e. The molecule has 4 nitrogen and oxygen atoms in total. The molecule has 0 aromatic carbocycles. The van der Waals surface area contributed by atoms with Crippen LogP contribution in [0.4, 0.5) is 0 Å². The van der Waals surface area contributed by atoms with E-state index in [-0.39, 0.29) is 29.0 Å². The maximum absolute atomic E-state index is 13.3. The zero-order chi connectivity index (χ0) is 17.1. The number of carbonyl (C=O) groups is 2. The molecule has 0 aromatic heterocycles. The van der Waals surface area contributed by atoms with Gasteiger partial charge in [-0.3, -0.25) is 9.59 Å². The lowest BCUT2D eigenvalue weighted by atomic mass is 9.31. The first kappa shape index (κ1) is 14.6. The molecular weight excluding hydrogens is 304 g/mol. The first-order chi connectivity index (χ1) is 11.3. The maximum atomic E-state index is 13.3. The van der Waals surface area contributed by atoms with Crippen molar-refractivity contribution in [3.63, 3.8) is 0 Å². The van der Waals surface area contributed by atoms with Crippen LogP contribution in [0.3, 0.4) is 0 Å². The molecule has 24 heavy (non-hydrogen) atoms. The Balaban J connectivity index is 1.80. The molecule has 1 heterocycles. The van der Waals surface area contributed by atoms with E-state index in [1.165, 1.54) is 0 Å². The van der Waals surface area contributed by atoms with Gasteiger partial charge in [0.05, 0.1) is 23.5 Å². The number of ketones is 1. The van der Waals surface area contributed by atoms with Crippen molar-refractivity contribution in [1.29, 1.82) is 0 Å². The van der Waals surface area contributed by atoms with Crippen molar-refractivity contribution >= 4 is 11.8 Å². The molecule has 3 saturated carbocycles. The summed E-state index contributed by atoms with van der Waals surface area (Å²) in [6.07, 6.45) is 4.09. The Morgan fingerprint density at radius 1 is 1.21 bits per heavy atom. The standard InChI is InChI=1S/C20H22O4/c1-10-7-12-8-20(15(10)21)14(12)19-6-4-5-18(3,9-24-17(19)23)13(19)11(2)16(20)22/h7,13-15,21H,1-2,4-6,8-9H2,3H3/t13?,14?,15-,18-,19-,20-/m0/s1. The average Bonchev–Trinajstić information content (AvgIpc) is 2.51. The molecule has 6 atom stereocenters. The number of Topliss-reactive ketones (excluding diaryl/α,β-unsaturated/α-hetero) is 1. The Morgan fingerprint density at radius 2 is 1.96 bits per heavy atom. The largest absolute Gasteiger partial charge is 0.465 e. The minimum Gasteiger partial charge on any atom is -0.465 e. The third-order valence-corrected chi connectivity index (χ3v) is 7.63. The van der Waals surface area contributed by atoms with E-state index in [4.69, 9.17) is 4.74 Å². The summed E-state index contributed by atoms with van der Waals surface area (Å²) in [4.78, 5) is 26.4. The second kappa shape index (κ2) is 3.93. The number of cyclic esters (lactones) is 1. The number of ether oxygens (including phenoxy) is 1. The van der Waals surface area contributed by atoms with Gasteiger partial charge in [0, 0.05) is 17.3 Å². The summed E-state index contributed by atoms with van der Waals surface area (Å²) in [5.41, 5.74) is 0.279.